The van der Waals surface area contributed by atoms with Gasteiger partial charge in [0.05, 0.1) is 41.3 Å². The van der Waals surface area contributed by atoms with Crippen molar-refractivity contribution < 1.29 is 22.7 Å². The first-order valence-electron chi connectivity index (χ1n) is 10.3. The van der Waals surface area contributed by atoms with E-state index in [1.165, 1.54) is 22.5 Å². The van der Waals surface area contributed by atoms with Gasteiger partial charge in [-0.3, -0.25) is 4.79 Å². The molecule has 2 aromatic rings. The molecule has 31 heavy (non-hydrogen) atoms. The third kappa shape index (κ3) is 5.30. The zero-order valence-electron chi connectivity index (χ0n) is 17.0. The molecule has 2 fully saturated rings. The van der Waals surface area contributed by atoms with E-state index in [1.54, 1.807) is 16.2 Å². The van der Waals surface area contributed by atoms with Crippen molar-refractivity contribution in [3.8, 4) is 0 Å². The van der Waals surface area contributed by atoms with Crippen molar-refractivity contribution in [1.29, 1.82) is 0 Å². The van der Waals surface area contributed by atoms with Gasteiger partial charge in [-0.1, -0.05) is 17.7 Å². The number of carbonyl (C=O) groups is 1. The van der Waals surface area contributed by atoms with Gasteiger partial charge in [-0.2, -0.15) is 4.31 Å². The standard InChI is InChI=1S/C21H25ClN2O5S2/c22-20-6-5-18(31(26,27)24-7-10-28-11-8-24)13-19(20)21(25)23(14-16-3-1-9-29-16)15-17-4-2-12-30-17/h2,4-6,12-13,16H,1,3,7-11,14-15H2. The molecule has 1 aromatic heterocycles. The molecule has 10 heteroatoms. The fraction of sp³-hybridized carbons (Fsp3) is 0.476. The molecule has 1 atom stereocenters. The van der Waals surface area contributed by atoms with Crippen molar-refractivity contribution >= 4 is 38.9 Å². The second-order valence-corrected chi connectivity index (χ2v) is 10.9. The lowest BCUT2D eigenvalue weighted by molar-refractivity contribution is 0.0509. The Kier molecular flexibility index (Phi) is 7.30. The Morgan fingerprint density at radius 3 is 2.71 bits per heavy atom. The van der Waals surface area contributed by atoms with E-state index in [1.807, 2.05) is 17.5 Å². The fourth-order valence-corrected chi connectivity index (χ4v) is 6.13. The number of halogens is 1. The topological polar surface area (TPSA) is 76.2 Å². The van der Waals surface area contributed by atoms with Crippen LogP contribution in [0.4, 0.5) is 0 Å². The summed E-state index contributed by atoms with van der Waals surface area (Å²) in [6.45, 7) is 2.85. The van der Waals surface area contributed by atoms with Crippen molar-refractivity contribution in [2.45, 2.75) is 30.4 Å². The first-order valence-corrected chi connectivity index (χ1v) is 13.0. The van der Waals surface area contributed by atoms with Gasteiger partial charge in [0, 0.05) is 31.1 Å². The number of sulfonamides is 1. The summed E-state index contributed by atoms with van der Waals surface area (Å²) in [5.74, 6) is -0.298. The quantitative estimate of drug-likeness (QED) is 0.603. The fourth-order valence-electron chi connectivity index (χ4n) is 3.78. The molecule has 1 unspecified atom stereocenters. The van der Waals surface area contributed by atoms with E-state index >= 15 is 0 Å². The van der Waals surface area contributed by atoms with Crippen molar-refractivity contribution in [2.75, 3.05) is 39.5 Å². The van der Waals surface area contributed by atoms with Crippen molar-refractivity contribution in [3.63, 3.8) is 0 Å². The second-order valence-electron chi connectivity index (χ2n) is 7.56. The molecule has 2 aliphatic heterocycles. The SMILES string of the molecule is O=C(c1cc(S(=O)(=O)N2CCOCC2)ccc1Cl)N(Cc1cccs1)CC1CCCO1. The van der Waals surface area contributed by atoms with E-state index in [0.717, 1.165) is 17.7 Å². The Balaban J connectivity index is 1.62. The Hall–Kier alpha value is -1.49. The van der Waals surface area contributed by atoms with E-state index in [2.05, 4.69) is 0 Å². The summed E-state index contributed by atoms with van der Waals surface area (Å²) >= 11 is 7.94. The van der Waals surface area contributed by atoms with Gasteiger partial charge >= 0.3 is 0 Å². The molecular formula is C21H25ClN2O5S2. The van der Waals surface area contributed by atoms with E-state index in [4.69, 9.17) is 21.1 Å². The number of hydrogen-bond acceptors (Lipinski definition) is 6. The molecule has 1 amide bonds. The van der Waals surface area contributed by atoms with Crippen LogP contribution in [-0.2, 0) is 26.0 Å². The number of benzene rings is 1. The van der Waals surface area contributed by atoms with Gasteiger partial charge in [0.2, 0.25) is 10.0 Å². The number of nitrogens with zero attached hydrogens (tertiary/aromatic N) is 2. The zero-order valence-corrected chi connectivity index (χ0v) is 19.4. The van der Waals surface area contributed by atoms with Crippen LogP contribution in [-0.4, -0.2) is 69.1 Å². The number of amides is 1. The summed E-state index contributed by atoms with van der Waals surface area (Å²) in [6, 6.07) is 8.25. The Labute approximate surface area is 191 Å². The van der Waals surface area contributed by atoms with Crippen LogP contribution in [0, 0.1) is 0 Å². The number of ether oxygens (including phenoxy) is 2. The predicted octanol–water partition coefficient (Wildman–Crippen LogP) is 3.24. The summed E-state index contributed by atoms with van der Waals surface area (Å²) in [7, 11) is -3.73. The summed E-state index contributed by atoms with van der Waals surface area (Å²) in [6.07, 6.45) is 1.84. The molecule has 1 aromatic carbocycles. The van der Waals surface area contributed by atoms with Gasteiger partial charge in [-0.05, 0) is 42.5 Å². The minimum absolute atomic E-state index is 0.0250. The van der Waals surface area contributed by atoms with Crippen LogP contribution in [0.2, 0.25) is 5.02 Å². The number of carbonyl (C=O) groups excluding carboxylic acids is 1. The highest BCUT2D eigenvalue weighted by atomic mass is 35.5. The highest BCUT2D eigenvalue weighted by Crippen LogP contribution is 2.26. The molecular weight excluding hydrogens is 460 g/mol. The minimum atomic E-state index is -3.73. The Morgan fingerprint density at radius 1 is 1.23 bits per heavy atom. The molecule has 168 valence electrons. The average molecular weight is 485 g/mol. The molecule has 2 saturated heterocycles. The highest BCUT2D eigenvalue weighted by Gasteiger charge is 2.30. The Morgan fingerprint density at radius 2 is 2.03 bits per heavy atom. The van der Waals surface area contributed by atoms with E-state index in [9.17, 15) is 13.2 Å². The maximum atomic E-state index is 13.5. The molecule has 0 N–H and O–H groups in total. The molecule has 2 aliphatic rings. The number of morpholine rings is 1. The molecule has 0 radical (unpaired) electrons. The normalized spacial score (nSPS) is 20.1. The first-order chi connectivity index (χ1) is 14.9. The van der Waals surface area contributed by atoms with Gasteiger partial charge in [0.1, 0.15) is 0 Å². The van der Waals surface area contributed by atoms with E-state index < -0.39 is 10.0 Å². The molecule has 0 saturated carbocycles. The van der Waals surface area contributed by atoms with Crippen LogP contribution < -0.4 is 0 Å². The Bertz CT molecular complexity index is 1000. The van der Waals surface area contributed by atoms with Crippen LogP contribution >= 0.6 is 22.9 Å². The number of thiophene rings is 1. The average Bonchev–Trinajstić information content (AvgIpc) is 3.48. The van der Waals surface area contributed by atoms with Gasteiger partial charge < -0.3 is 14.4 Å². The molecule has 0 spiro atoms. The summed E-state index contributed by atoms with van der Waals surface area (Å²) < 4.78 is 38.5. The van der Waals surface area contributed by atoms with Crippen molar-refractivity contribution in [3.05, 3.63) is 51.2 Å². The smallest absolute Gasteiger partial charge is 0.255 e. The van der Waals surface area contributed by atoms with Crippen LogP contribution in [0.15, 0.2) is 40.6 Å². The third-order valence-corrected chi connectivity index (χ3v) is 8.52. The van der Waals surface area contributed by atoms with Gasteiger partial charge in [-0.15, -0.1) is 11.3 Å². The van der Waals surface area contributed by atoms with Crippen molar-refractivity contribution in [2.24, 2.45) is 0 Å². The molecule has 0 aliphatic carbocycles. The lowest BCUT2D eigenvalue weighted by Crippen LogP contribution is -2.40. The molecule has 3 heterocycles. The summed E-state index contributed by atoms with van der Waals surface area (Å²) in [5, 5.41) is 2.20. The summed E-state index contributed by atoms with van der Waals surface area (Å²) in [4.78, 5) is 16.3. The first kappa shape index (κ1) is 22.7. The van der Waals surface area contributed by atoms with Crippen LogP contribution in [0.25, 0.3) is 0 Å². The lowest BCUT2D eigenvalue weighted by Gasteiger charge is -2.27. The number of rotatable bonds is 7. The largest absolute Gasteiger partial charge is 0.379 e. The lowest BCUT2D eigenvalue weighted by atomic mass is 10.1. The van der Waals surface area contributed by atoms with Gasteiger partial charge in [-0.25, -0.2) is 8.42 Å². The van der Waals surface area contributed by atoms with Crippen LogP contribution in [0.5, 0.6) is 0 Å². The summed E-state index contributed by atoms with van der Waals surface area (Å²) in [5.41, 5.74) is 0.186. The number of hydrogen-bond donors (Lipinski definition) is 0. The highest BCUT2D eigenvalue weighted by molar-refractivity contribution is 7.89. The van der Waals surface area contributed by atoms with Crippen LogP contribution in [0.3, 0.4) is 0 Å². The second kappa shape index (κ2) is 9.97. The minimum Gasteiger partial charge on any atom is -0.379 e. The maximum Gasteiger partial charge on any atom is 0.255 e. The molecule has 0 bridgehead atoms. The van der Waals surface area contributed by atoms with Gasteiger partial charge in [0.15, 0.2) is 0 Å². The van der Waals surface area contributed by atoms with Crippen molar-refractivity contribution in [1.82, 2.24) is 9.21 Å². The maximum absolute atomic E-state index is 13.5. The third-order valence-electron chi connectivity index (χ3n) is 5.44. The predicted molar refractivity (Wildman–Crippen MR) is 119 cm³/mol. The van der Waals surface area contributed by atoms with E-state index in [-0.39, 0.29) is 40.6 Å². The molecule has 7 nitrogen and oxygen atoms in total. The van der Waals surface area contributed by atoms with Crippen LogP contribution in [0.1, 0.15) is 28.1 Å². The van der Waals surface area contributed by atoms with E-state index in [0.29, 0.717) is 32.9 Å². The van der Waals surface area contributed by atoms with Gasteiger partial charge in [0.25, 0.3) is 5.91 Å². The monoisotopic (exact) mass is 484 g/mol. The zero-order chi connectivity index (χ0) is 21.8. The molecule has 4 rings (SSSR count).